The third-order valence-electron chi connectivity index (χ3n) is 4.56. The van der Waals surface area contributed by atoms with Crippen LogP contribution in [0.2, 0.25) is 0 Å². The molecule has 4 rings (SSSR count). The minimum absolute atomic E-state index is 0.0572. The molecule has 1 aliphatic rings. The van der Waals surface area contributed by atoms with Gasteiger partial charge in [0.05, 0.1) is 13.7 Å². The summed E-state index contributed by atoms with van der Waals surface area (Å²) in [6, 6.07) is 12.5. The van der Waals surface area contributed by atoms with Crippen LogP contribution in [0.25, 0.3) is 21.2 Å². The van der Waals surface area contributed by atoms with E-state index in [1.807, 2.05) is 6.07 Å². The summed E-state index contributed by atoms with van der Waals surface area (Å²) in [6.07, 6.45) is 0. The fourth-order valence-electron chi connectivity index (χ4n) is 3.26. The van der Waals surface area contributed by atoms with Crippen molar-refractivity contribution in [3.63, 3.8) is 0 Å². The second kappa shape index (κ2) is 6.41. The van der Waals surface area contributed by atoms with Crippen LogP contribution in [0.5, 0.6) is 11.5 Å². The lowest BCUT2D eigenvalue weighted by atomic mass is 10.0. The van der Waals surface area contributed by atoms with Crippen LogP contribution in [0.1, 0.15) is 12.5 Å². The highest BCUT2D eigenvalue weighted by Crippen LogP contribution is 2.41. The normalized spacial score (nSPS) is 13.9. The standard InChI is InChI=1S/C20H19NO3S/c1-13(22)21-7-8-24-20-15(11-21)9-14(10-18(20)23-2)17-12-25-19-6-4-3-5-16(17)19/h3-6,9-10,12H,7-8,11H2,1-2H3. The summed E-state index contributed by atoms with van der Waals surface area (Å²) in [5.74, 6) is 1.52. The molecule has 25 heavy (non-hydrogen) atoms. The predicted octanol–water partition coefficient (Wildman–Crippen LogP) is 4.32. The maximum absolute atomic E-state index is 11.8. The first kappa shape index (κ1) is 16.0. The number of thiophene rings is 1. The number of methoxy groups -OCH3 is 1. The van der Waals surface area contributed by atoms with E-state index in [1.165, 1.54) is 15.6 Å². The SMILES string of the molecule is COc1cc(-c2csc3ccccc23)cc2c1OCCN(C(C)=O)C2. The average Bonchev–Trinajstić information content (AvgIpc) is 2.92. The van der Waals surface area contributed by atoms with Crippen molar-refractivity contribution in [1.82, 2.24) is 4.90 Å². The van der Waals surface area contributed by atoms with Crippen LogP contribution in [0, 0.1) is 0 Å². The third kappa shape index (κ3) is 2.85. The van der Waals surface area contributed by atoms with Gasteiger partial charge >= 0.3 is 0 Å². The van der Waals surface area contributed by atoms with Gasteiger partial charge in [0.2, 0.25) is 5.91 Å². The van der Waals surface area contributed by atoms with Crippen LogP contribution >= 0.6 is 11.3 Å². The fraction of sp³-hybridized carbons (Fsp3) is 0.250. The quantitative estimate of drug-likeness (QED) is 0.689. The van der Waals surface area contributed by atoms with E-state index in [-0.39, 0.29) is 5.91 Å². The van der Waals surface area contributed by atoms with Gasteiger partial charge in [-0.2, -0.15) is 0 Å². The van der Waals surface area contributed by atoms with Crippen molar-refractivity contribution < 1.29 is 14.3 Å². The molecule has 0 saturated heterocycles. The lowest BCUT2D eigenvalue weighted by Gasteiger charge is -2.18. The molecule has 0 bridgehead atoms. The molecule has 5 heteroatoms. The number of carbonyl (C=O) groups is 1. The second-order valence-corrected chi connectivity index (χ2v) is 7.01. The number of rotatable bonds is 2. The smallest absolute Gasteiger partial charge is 0.219 e. The number of nitrogens with zero attached hydrogens (tertiary/aromatic N) is 1. The lowest BCUT2D eigenvalue weighted by Crippen LogP contribution is -2.30. The predicted molar refractivity (Wildman–Crippen MR) is 100 cm³/mol. The van der Waals surface area contributed by atoms with E-state index in [2.05, 4.69) is 35.7 Å². The van der Waals surface area contributed by atoms with E-state index in [0.29, 0.717) is 25.4 Å². The highest BCUT2D eigenvalue weighted by molar-refractivity contribution is 7.17. The zero-order chi connectivity index (χ0) is 17.4. The summed E-state index contributed by atoms with van der Waals surface area (Å²) in [5.41, 5.74) is 3.25. The first-order chi connectivity index (χ1) is 12.2. The number of carbonyl (C=O) groups excluding carboxylic acids is 1. The molecule has 0 saturated carbocycles. The van der Waals surface area contributed by atoms with Crippen molar-refractivity contribution in [2.24, 2.45) is 0 Å². The fourth-order valence-corrected chi connectivity index (χ4v) is 4.23. The number of hydrogen-bond donors (Lipinski definition) is 0. The molecule has 2 heterocycles. The topological polar surface area (TPSA) is 38.8 Å². The van der Waals surface area contributed by atoms with Gasteiger partial charge in [0, 0.05) is 34.7 Å². The first-order valence-electron chi connectivity index (χ1n) is 8.23. The number of fused-ring (bicyclic) bond motifs is 2. The highest BCUT2D eigenvalue weighted by atomic mass is 32.1. The Balaban J connectivity index is 1.86. The van der Waals surface area contributed by atoms with Crippen molar-refractivity contribution in [3.05, 3.63) is 47.3 Å². The number of hydrogen-bond acceptors (Lipinski definition) is 4. The van der Waals surface area contributed by atoms with Crippen molar-refractivity contribution in [2.45, 2.75) is 13.5 Å². The van der Waals surface area contributed by atoms with Gasteiger partial charge in [0.25, 0.3) is 0 Å². The summed E-state index contributed by atoms with van der Waals surface area (Å²) >= 11 is 1.73. The number of benzene rings is 2. The minimum Gasteiger partial charge on any atom is -0.493 e. The largest absolute Gasteiger partial charge is 0.493 e. The lowest BCUT2D eigenvalue weighted by molar-refractivity contribution is -0.129. The Morgan fingerprint density at radius 2 is 2.12 bits per heavy atom. The minimum atomic E-state index is 0.0572. The molecule has 0 N–H and O–H groups in total. The molecule has 2 aromatic carbocycles. The van der Waals surface area contributed by atoms with E-state index < -0.39 is 0 Å². The molecule has 3 aromatic rings. The summed E-state index contributed by atoms with van der Waals surface area (Å²) in [6.45, 7) is 3.20. The Morgan fingerprint density at radius 3 is 2.92 bits per heavy atom. The maximum Gasteiger partial charge on any atom is 0.219 e. The van der Waals surface area contributed by atoms with Gasteiger partial charge < -0.3 is 14.4 Å². The van der Waals surface area contributed by atoms with Crippen LogP contribution < -0.4 is 9.47 Å². The van der Waals surface area contributed by atoms with Gasteiger partial charge in [-0.1, -0.05) is 18.2 Å². The van der Waals surface area contributed by atoms with E-state index in [4.69, 9.17) is 9.47 Å². The van der Waals surface area contributed by atoms with Crippen LogP contribution in [0.3, 0.4) is 0 Å². The average molecular weight is 353 g/mol. The molecular formula is C20H19NO3S. The molecule has 1 aromatic heterocycles. The Kier molecular flexibility index (Phi) is 4.09. The zero-order valence-electron chi connectivity index (χ0n) is 14.2. The Hall–Kier alpha value is -2.53. The Morgan fingerprint density at radius 1 is 1.28 bits per heavy atom. The van der Waals surface area contributed by atoms with E-state index >= 15 is 0 Å². The highest BCUT2D eigenvalue weighted by Gasteiger charge is 2.22. The van der Waals surface area contributed by atoms with Crippen molar-refractivity contribution in [3.8, 4) is 22.6 Å². The molecule has 0 fully saturated rings. The molecule has 4 nitrogen and oxygen atoms in total. The van der Waals surface area contributed by atoms with E-state index in [9.17, 15) is 4.79 Å². The van der Waals surface area contributed by atoms with Crippen molar-refractivity contribution >= 4 is 27.3 Å². The number of amides is 1. The van der Waals surface area contributed by atoms with Gasteiger partial charge in [-0.15, -0.1) is 11.3 Å². The third-order valence-corrected chi connectivity index (χ3v) is 5.52. The van der Waals surface area contributed by atoms with E-state index in [0.717, 1.165) is 16.9 Å². The zero-order valence-corrected chi connectivity index (χ0v) is 15.1. The van der Waals surface area contributed by atoms with Gasteiger partial charge in [0.15, 0.2) is 11.5 Å². The van der Waals surface area contributed by atoms with Gasteiger partial charge in [-0.25, -0.2) is 0 Å². The molecule has 0 unspecified atom stereocenters. The van der Waals surface area contributed by atoms with Gasteiger partial charge in [-0.3, -0.25) is 4.79 Å². The van der Waals surface area contributed by atoms with Gasteiger partial charge in [0.1, 0.15) is 6.61 Å². The first-order valence-corrected chi connectivity index (χ1v) is 9.11. The van der Waals surface area contributed by atoms with Crippen molar-refractivity contribution in [2.75, 3.05) is 20.3 Å². The molecule has 0 spiro atoms. The molecule has 1 amide bonds. The molecule has 1 aliphatic heterocycles. The Labute approximate surface area is 150 Å². The van der Waals surface area contributed by atoms with E-state index in [1.54, 1.807) is 30.3 Å². The molecule has 0 atom stereocenters. The summed E-state index contributed by atoms with van der Waals surface area (Å²) in [4.78, 5) is 13.7. The van der Waals surface area contributed by atoms with Crippen LogP contribution in [0.4, 0.5) is 0 Å². The summed E-state index contributed by atoms with van der Waals surface area (Å²) in [7, 11) is 1.65. The Bertz CT molecular complexity index is 947. The van der Waals surface area contributed by atoms with Crippen LogP contribution in [-0.2, 0) is 11.3 Å². The number of ether oxygens (including phenoxy) is 2. The van der Waals surface area contributed by atoms with Gasteiger partial charge in [-0.05, 0) is 29.1 Å². The molecular weight excluding hydrogens is 334 g/mol. The summed E-state index contributed by atoms with van der Waals surface area (Å²) in [5, 5.41) is 3.40. The maximum atomic E-state index is 11.8. The van der Waals surface area contributed by atoms with Crippen LogP contribution in [0.15, 0.2) is 41.8 Å². The molecule has 0 radical (unpaired) electrons. The summed E-state index contributed by atoms with van der Waals surface area (Å²) < 4.78 is 12.7. The second-order valence-electron chi connectivity index (χ2n) is 6.10. The van der Waals surface area contributed by atoms with Crippen molar-refractivity contribution in [1.29, 1.82) is 0 Å². The monoisotopic (exact) mass is 353 g/mol. The molecule has 0 aliphatic carbocycles. The van der Waals surface area contributed by atoms with Crippen LogP contribution in [-0.4, -0.2) is 31.1 Å². The molecule has 128 valence electrons.